The molecule has 4 rings (SSSR count). The lowest BCUT2D eigenvalue weighted by molar-refractivity contribution is 0.429. The minimum Gasteiger partial charge on any atom is -0.493 e. The first-order valence-corrected chi connectivity index (χ1v) is 9.83. The van der Waals surface area contributed by atoms with Crippen molar-refractivity contribution in [3.63, 3.8) is 0 Å². The van der Waals surface area contributed by atoms with Crippen molar-refractivity contribution in [3.8, 4) is 5.88 Å². The fraction of sp³-hybridized carbons (Fsp3) is 0.0455. The van der Waals surface area contributed by atoms with E-state index < -0.39 is 5.82 Å². The van der Waals surface area contributed by atoms with Gasteiger partial charge in [-0.3, -0.25) is 0 Å². The Balaban J connectivity index is 1.66. The number of nitrogens with zero attached hydrogens (tertiary/aromatic N) is 3. The van der Waals surface area contributed by atoms with E-state index in [4.69, 9.17) is 23.8 Å². The van der Waals surface area contributed by atoms with Crippen molar-refractivity contribution in [2.45, 2.75) is 6.54 Å². The first-order valence-electron chi connectivity index (χ1n) is 9.05. The van der Waals surface area contributed by atoms with Crippen LogP contribution in [0, 0.1) is 5.82 Å². The van der Waals surface area contributed by atoms with Crippen LogP contribution in [-0.2, 0) is 6.54 Å². The van der Waals surface area contributed by atoms with Gasteiger partial charge in [-0.05, 0) is 48.1 Å². The van der Waals surface area contributed by atoms with Gasteiger partial charge in [0.15, 0.2) is 5.69 Å². The quantitative estimate of drug-likeness (QED) is 0.276. The van der Waals surface area contributed by atoms with E-state index in [2.05, 4.69) is 15.5 Å². The van der Waals surface area contributed by atoms with E-state index in [1.165, 1.54) is 6.07 Å². The molecule has 2 N–H and O–H groups in total. The molecule has 0 fully saturated rings. The fourth-order valence-electron chi connectivity index (χ4n) is 3.15. The molecule has 0 aliphatic heterocycles. The molecule has 0 aliphatic rings. The monoisotopic (exact) mass is 438 g/mol. The molecule has 1 aromatic heterocycles. The van der Waals surface area contributed by atoms with Crippen LogP contribution in [0.2, 0.25) is 5.02 Å². The highest BCUT2D eigenvalue weighted by atomic mass is 35.5. The summed E-state index contributed by atoms with van der Waals surface area (Å²) in [5, 5.41) is 23.0. The number of aromatic nitrogens is 1. The molecule has 0 spiro atoms. The van der Waals surface area contributed by atoms with Gasteiger partial charge in [-0.25, -0.2) is 4.39 Å². The van der Waals surface area contributed by atoms with E-state index in [1.807, 2.05) is 42.5 Å². The summed E-state index contributed by atoms with van der Waals surface area (Å²) >= 11 is 11.2. The summed E-state index contributed by atoms with van der Waals surface area (Å²) in [6.45, 7) is 0.403. The highest BCUT2D eigenvalue weighted by Crippen LogP contribution is 2.39. The third-order valence-electron chi connectivity index (χ3n) is 4.50. The Labute approximate surface area is 182 Å². The minimum absolute atomic E-state index is 0.0221. The summed E-state index contributed by atoms with van der Waals surface area (Å²) in [5.74, 6) is -0.496. The van der Waals surface area contributed by atoms with Gasteiger partial charge in [0.1, 0.15) is 5.82 Å². The zero-order chi connectivity index (χ0) is 21.1. The van der Waals surface area contributed by atoms with E-state index >= 15 is 0 Å². The predicted octanol–water partition coefficient (Wildman–Crippen LogP) is 6.67. The van der Waals surface area contributed by atoms with Crippen molar-refractivity contribution in [1.29, 1.82) is 0 Å². The third-order valence-corrected chi connectivity index (χ3v) is 4.92. The molecule has 5 nitrogen and oxygen atoms in total. The normalized spacial score (nSPS) is 11.3. The van der Waals surface area contributed by atoms with Crippen LogP contribution >= 0.6 is 23.8 Å². The van der Waals surface area contributed by atoms with Crippen LogP contribution in [0.3, 0.4) is 0 Å². The Bertz CT molecular complexity index is 1270. The molecule has 0 bridgehead atoms. The zero-order valence-corrected chi connectivity index (χ0v) is 17.2. The Hall–Kier alpha value is -3.29. The Kier molecular flexibility index (Phi) is 5.74. The number of benzene rings is 3. The van der Waals surface area contributed by atoms with E-state index in [-0.39, 0.29) is 22.4 Å². The summed E-state index contributed by atoms with van der Waals surface area (Å²) in [5.41, 5.74) is 2.20. The molecule has 0 aliphatic carbocycles. The van der Waals surface area contributed by atoms with E-state index in [0.717, 1.165) is 16.5 Å². The smallest absolute Gasteiger partial charge is 0.221 e. The molecule has 0 radical (unpaired) electrons. The first kappa shape index (κ1) is 20.0. The van der Waals surface area contributed by atoms with E-state index in [1.54, 1.807) is 28.8 Å². The molecular weight excluding hydrogens is 423 g/mol. The van der Waals surface area contributed by atoms with Crippen LogP contribution in [0.5, 0.6) is 5.88 Å². The summed E-state index contributed by atoms with van der Waals surface area (Å²) in [7, 11) is 0. The van der Waals surface area contributed by atoms with Crippen LogP contribution < -0.4 is 5.32 Å². The lowest BCUT2D eigenvalue weighted by atomic mass is 10.2. The summed E-state index contributed by atoms with van der Waals surface area (Å²) in [6, 6.07) is 21.0. The largest absolute Gasteiger partial charge is 0.493 e. The van der Waals surface area contributed by atoms with Crippen LogP contribution in [0.4, 0.5) is 15.8 Å². The molecule has 150 valence electrons. The van der Waals surface area contributed by atoms with Gasteiger partial charge < -0.3 is 15.0 Å². The lowest BCUT2D eigenvalue weighted by Crippen LogP contribution is -2.06. The van der Waals surface area contributed by atoms with Crippen LogP contribution in [0.15, 0.2) is 83.0 Å². The number of hydrogen-bond donors (Lipinski definition) is 2. The van der Waals surface area contributed by atoms with Crippen molar-refractivity contribution in [2.24, 2.45) is 10.2 Å². The van der Waals surface area contributed by atoms with Crippen molar-refractivity contribution < 1.29 is 9.50 Å². The van der Waals surface area contributed by atoms with Gasteiger partial charge >= 0.3 is 0 Å². The third kappa shape index (κ3) is 4.17. The van der Waals surface area contributed by atoms with Gasteiger partial charge in [-0.15, -0.1) is 10.2 Å². The number of para-hydroxylation sites is 2. The number of halogens is 2. The Morgan fingerprint density at radius 1 is 1.07 bits per heavy atom. The SMILES string of the molecule is Oc1c(N=NC(=S)Nc2ccccc2F)c2ccccc2n1Cc1cccc(Cl)c1. The molecule has 0 unspecified atom stereocenters. The average Bonchev–Trinajstić information content (AvgIpc) is 2.99. The van der Waals surface area contributed by atoms with E-state index in [0.29, 0.717) is 11.6 Å². The maximum Gasteiger partial charge on any atom is 0.221 e. The second-order valence-corrected chi connectivity index (χ2v) is 7.34. The Morgan fingerprint density at radius 2 is 1.83 bits per heavy atom. The van der Waals surface area contributed by atoms with Crippen molar-refractivity contribution >= 4 is 51.2 Å². The average molecular weight is 439 g/mol. The van der Waals surface area contributed by atoms with Crippen LogP contribution in [0.25, 0.3) is 10.9 Å². The molecule has 8 heteroatoms. The second-order valence-electron chi connectivity index (χ2n) is 6.52. The van der Waals surface area contributed by atoms with Gasteiger partial charge in [-0.2, -0.15) is 0 Å². The topological polar surface area (TPSA) is 61.9 Å². The number of azo groups is 1. The maximum absolute atomic E-state index is 13.8. The molecule has 0 amide bonds. The van der Waals surface area contributed by atoms with E-state index in [9.17, 15) is 9.50 Å². The minimum atomic E-state index is -0.448. The first-order chi connectivity index (χ1) is 14.5. The van der Waals surface area contributed by atoms with Crippen LogP contribution in [0.1, 0.15) is 5.56 Å². The van der Waals surface area contributed by atoms with Crippen molar-refractivity contribution in [3.05, 3.63) is 89.2 Å². The number of nitrogens with one attached hydrogen (secondary N) is 1. The van der Waals surface area contributed by atoms with Gasteiger partial charge in [-0.1, -0.05) is 54.1 Å². The number of fused-ring (bicyclic) bond motifs is 1. The summed E-state index contributed by atoms with van der Waals surface area (Å²) in [6.07, 6.45) is 0. The molecule has 30 heavy (non-hydrogen) atoms. The lowest BCUT2D eigenvalue weighted by Gasteiger charge is -2.07. The number of anilines is 1. The Morgan fingerprint density at radius 3 is 2.63 bits per heavy atom. The zero-order valence-electron chi connectivity index (χ0n) is 15.6. The number of rotatable bonds is 4. The second kappa shape index (κ2) is 8.61. The molecule has 3 aromatic carbocycles. The molecular formula is C22H16ClFN4OS. The van der Waals surface area contributed by atoms with Crippen molar-refractivity contribution in [2.75, 3.05) is 5.32 Å². The molecule has 0 atom stereocenters. The highest BCUT2D eigenvalue weighted by Gasteiger charge is 2.17. The maximum atomic E-state index is 13.8. The number of thiocarbonyl (C=S) groups is 1. The predicted molar refractivity (Wildman–Crippen MR) is 121 cm³/mol. The van der Waals surface area contributed by atoms with Gasteiger partial charge in [0, 0.05) is 10.4 Å². The number of aromatic hydroxyl groups is 1. The van der Waals surface area contributed by atoms with Crippen LogP contribution in [-0.4, -0.2) is 14.8 Å². The standard InChI is InChI=1S/C22H16ClFN4OS/c23-15-7-5-6-14(12-15)13-28-19-11-4-1-8-16(19)20(21(28)29)26-27-22(30)25-18-10-3-2-9-17(18)24/h1-12,29H,13H2,(H,25,30). The van der Waals surface area contributed by atoms with Gasteiger partial charge in [0.05, 0.1) is 17.7 Å². The van der Waals surface area contributed by atoms with Gasteiger partial charge in [0.2, 0.25) is 11.0 Å². The fourth-order valence-corrected chi connectivity index (χ4v) is 3.51. The molecule has 1 heterocycles. The van der Waals surface area contributed by atoms with Crippen molar-refractivity contribution in [1.82, 2.24) is 4.57 Å². The molecule has 0 saturated heterocycles. The molecule has 0 saturated carbocycles. The summed E-state index contributed by atoms with van der Waals surface area (Å²) < 4.78 is 15.5. The van der Waals surface area contributed by atoms with Gasteiger partial charge in [0.25, 0.3) is 0 Å². The summed E-state index contributed by atoms with van der Waals surface area (Å²) in [4.78, 5) is 0. The molecule has 4 aromatic rings. The highest BCUT2D eigenvalue weighted by molar-refractivity contribution is 7.80. The number of hydrogen-bond acceptors (Lipinski definition) is 3.